The van der Waals surface area contributed by atoms with E-state index in [4.69, 9.17) is 0 Å². The van der Waals surface area contributed by atoms with Gasteiger partial charge in [0.25, 0.3) is 5.91 Å². The molecule has 1 N–H and O–H groups in total. The zero-order valence-electron chi connectivity index (χ0n) is 13.6. The summed E-state index contributed by atoms with van der Waals surface area (Å²) in [7, 11) is 1.65. The molecule has 0 radical (unpaired) electrons. The average Bonchev–Trinajstić information content (AvgIpc) is 2.68. The lowest BCUT2D eigenvalue weighted by atomic mass is 9.77. The van der Waals surface area contributed by atoms with Crippen LogP contribution in [-0.2, 0) is 4.79 Å². The zero-order chi connectivity index (χ0) is 15.2. The normalized spacial score (nSPS) is 32.0. The standard InChI is InChI=1S/C16H27N3O/c1-14(2)8-7-9-15(3,4)19(14)16(5)10-12(11-18-16)13(20)17-6/h10-11H,7-9H2,1-6H3,(H,17,20). The minimum Gasteiger partial charge on any atom is -0.355 e. The summed E-state index contributed by atoms with van der Waals surface area (Å²) in [6.45, 7) is 11.2. The third-order valence-electron chi connectivity index (χ3n) is 4.62. The zero-order valence-corrected chi connectivity index (χ0v) is 13.6. The Balaban J connectivity index is 2.41. The van der Waals surface area contributed by atoms with E-state index in [1.54, 1.807) is 13.3 Å². The van der Waals surface area contributed by atoms with Gasteiger partial charge in [-0.1, -0.05) is 0 Å². The summed E-state index contributed by atoms with van der Waals surface area (Å²) < 4.78 is 0. The molecule has 0 aliphatic carbocycles. The summed E-state index contributed by atoms with van der Waals surface area (Å²) in [5, 5.41) is 2.67. The van der Waals surface area contributed by atoms with Gasteiger partial charge in [-0.15, -0.1) is 0 Å². The summed E-state index contributed by atoms with van der Waals surface area (Å²) in [4.78, 5) is 19.0. The van der Waals surface area contributed by atoms with Crippen molar-refractivity contribution in [2.75, 3.05) is 7.05 Å². The number of nitrogens with one attached hydrogen (secondary N) is 1. The fourth-order valence-electron chi connectivity index (χ4n) is 4.18. The number of piperidine rings is 1. The van der Waals surface area contributed by atoms with Crippen LogP contribution in [0.2, 0.25) is 0 Å². The van der Waals surface area contributed by atoms with Crippen molar-refractivity contribution in [3.8, 4) is 0 Å². The summed E-state index contributed by atoms with van der Waals surface area (Å²) in [5.41, 5.74) is 0.368. The van der Waals surface area contributed by atoms with Gasteiger partial charge in [-0.05, 0) is 60.0 Å². The molecule has 0 spiro atoms. The topological polar surface area (TPSA) is 44.7 Å². The van der Waals surface area contributed by atoms with Crippen LogP contribution in [0.5, 0.6) is 0 Å². The van der Waals surface area contributed by atoms with Crippen LogP contribution in [0.15, 0.2) is 16.6 Å². The minimum absolute atomic E-state index is 0.0647. The number of likely N-dealkylation sites (N-methyl/N-ethyl adjacent to an activating group) is 1. The van der Waals surface area contributed by atoms with Crippen molar-refractivity contribution in [1.82, 2.24) is 10.2 Å². The van der Waals surface area contributed by atoms with Gasteiger partial charge in [0, 0.05) is 24.3 Å². The lowest BCUT2D eigenvalue weighted by Gasteiger charge is -2.58. The van der Waals surface area contributed by atoms with E-state index in [0.717, 1.165) is 12.8 Å². The van der Waals surface area contributed by atoms with Crippen LogP contribution in [-0.4, -0.2) is 40.8 Å². The number of hydrogen-bond acceptors (Lipinski definition) is 3. The quantitative estimate of drug-likeness (QED) is 0.843. The maximum Gasteiger partial charge on any atom is 0.252 e. The first kappa shape index (κ1) is 15.2. The fourth-order valence-corrected chi connectivity index (χ4v) is 4.18. The first-order valence-corrected chi connectivity index (χ1v) is 7.43. The van der Waals surface area contributed by atoms with E-state index in [1.165, 1.54) is 6.42 Å². The van der Waals surface area contributed by atoms with E-state index in [1.807, 2.05) is 6.08 Å². The van der Waals surface area contributed by atoms with Crippen molar-refractivity contribution in [2.45, 2.75) is 70.6 Å². The molecule has 1 amide bonds. The van der Waals surface area contributed by atoms with E-state index in [-0.39, 0.29) is 17.0 Å². The van der Waals surface area contributed by atoms with Crippen LogP contribution < -0.4 is 5.32 Å². The molecule has 1 fully saturated rings. The van der Waals surface area contributed by atoms with Crippen molar-refractivity contribution in [3.05, 3.63) is 11.6 Å². The van der Waals surface area contributed by atoms with E-state index in [0.29, 0.717) is 5.57 Å². The van der Waals surface area contributed by atoms with Gasteiger partial charge >= 0.3 is 0 Å². The van der Waals surface area contributed by atoms with Gasteiger partial charge in [-0.2, -0.15) is 0 Å². The third kappa shape index (κ3) is 2.41. The van der Waals surface area contributed by atoms with Crippen molar-refractivity contribution in [3.63, 3.8) is 0 Å². The van der Waals surface area contributed by atoms with Gasteiger partial charge in [0.15, 0.2) is 0 Å². The lowest BCUT2D eigenvalue weighted by Crippen LogP contribution is -2.65. The van der Waals surface area contributed by atoms with Crippen LogP contribution in [0.25, 0.3) is 0 Å². The van der Waals surface area contributed by atoms with Gasteiger partial charge in [-0.3, -0.25) is 14.7 Å². The highest BCUT2D eigenvalue weighted by Gasteiger charge is 2.50. The number of hydrogen-bond donors (Lipinski definition) is 1. The highest BCUT2D eigenvalue weighted by Crippen LogP contribution is 2.45. The minimum atomic E-state index is -0.435. The number of carbonyl (C=O) groups is 1. The number of amides is 1. The van der Waals surface area contributed by atoms with Gasteiger partial charge in [0.2, 0.25) is 0 Å². The summed E-state index contributed by atoms with van der Waals surface area (Å²) in [6.07, 6.45) is 7.26. The Kier molecular flexibility index (Phi) is 3.57. The predicted octanol–water partition coefficient (Wildman–Crippen LogP) is 2.50. The van der Waals surface area contributed by atoms with Crippen LogP contribution in [0, 0.1) is 0 Å². The summed E-state index contributed by atoms with van der Waals surface area (Å²) in [5.74, 6) is -0.0647. The monoisotopic (exact) mass is 277 g/mol. The molecule has 1 atom stereocenters. The molecule has 4 nitrogen and oxygen atoms in total. The first-order valence-electron chi connectivity index (χ1n) is 7.43. The molecule has 0 aromatic rings. The Bertz CT molecular complexity index is 460. The molecular weight excluding hydrogens is 250 g/mol. The number of aliphatic imine (C=N–C) groups is 1. The molecule has 2 aliphatic heterocycles. The lowest BCUT2D eigenvalue weighted by molar-refractivity contribution is -0.116. The molecule has 0 aromatic heterocycles. The summed E-state index contributed by atoms with van der Waals surface area (Å²) >= 11 is 0. The molecule has 2 rings (SSSR count). The molecule has 2 aliphatic rings. The van der Waals surface area contributed by atoms with Crippen LogP contribution in [0.3, 0.4) is 0 Å². The first-order chi connectivity index (χ1) is 9.12. The molecule has 0 aromatic carbocycles. The highest BCUT2D eigenvalue weighted by molar-refractivity contribution is 6.13. The molecule has 1 unspecified atom stereocenters. The Morgan fingerprint density at radius 2 is 1.75 bits per heavy atom. The Morgan fingerprint density at radius 1 is 1.20 bits per heavy atom. The van der Waals surface area contributed by atoms with E-state index in [9.17, 15) is 4.79 Å². The second kappa shape index (κ2) is 4.69. The maximum absolute atomic E-state index is 11.8. The Hall–Kier alpha value is -1.16. The molecule has 112 valence electrons. The molecule has 4 heteroatoms. The van der Waals surface area contributed by atoms with E-state index >= 15 is 0 Å². The smallest absolute Gasteiger partial charge is 0.252 e. The van der Waals surface area contributed by atoms with Crippen LogP contribution in [0.4, 0.5) is 0 Å². The molecule has 20 heavy (non-hydrogen) atoms. The second-order valence-electron chi connectivity index (χ2n) is 7.34. The van der Waals surface area contributed by atoms with Crippen molar-refractivity contribution in [1.29, 1.82) is 0 Å². The van der Waals surface area contributed by atoms with Gasteiger partial charge < -0.3 is 5.32 Å². The second-order valence-corrected chi connectivity index (χ2v) is 7.34. The van der Waals surface area contributed by atoms with Gasteiger partial charge in [0.05, 0.1) is 5.57 Å². The van der Waals surface area contributed by atoms with Gasteiger partial charge in [0.1, 0.15) is 5.66 Å². The molecule has 0 saturated carbocycles. The van der Waals surface area contributed by atoms with Crippen LogP contribution in [0.1, 0.15) is 53.9 Å². The highest BCUT2D eigenvalue weighted by atomic mass is 16.1. The van der Waals surface area contributed by atoms with Crippen molar-refractivity contribution in [2.24, 2.45) is 4.99 Å². The fraction of sp³-hybridized carbons (Fsp3) is 0.750. The molecule has 0 bridgehead atoms. The largest absolute Gasteiger partial charge is 0.355 e. The number of nitrogens with zero attached hydrogens (tertiary/aromatic N) is 2. The Morgan fingerprint density at radius 3 is 2.25 bits per heavy atom. The molecule has 1 saturated heterocycles. The van der Waals surface area contributed by atoms with Gasteiger partial charge in [-0.25, -0.2) is 0 Å². The van der Waals surface area contributed by atoms with Crippen molar-refractivity contribution < 1.29 is 4.79 Å². The van der Waals surface area contributed by atoms with E-state index < -0.39 is 5.66 Å². The number of carbonyl (C=O) groups excluding carboxylic acids is 1. The number of likely N-dealkylation sites (tertiary alicyclic amines) is 1. The summed E-state index contributed by atoms with van der Waals surface area (Å²) in [6, 6.07) is 0. The van der Waals surface area contributed by atoms with Crippen LogP contribution >= 0.6 is 0 Å². The molecule has 2 heterocycles. The van der Waals surface area contributed by atoms with E-state index in [2.05, 4.69) is 49.8 Å². The number of rotatable bonds is 2. The van der Waals surface area contributed by atoms with Crippen molar-refractivity contribution >= 4 is 12.1 Å². The molecular formula is C16H27N3O. The SMILES string of the molecule is CNC(=O)C1=CC(C)(N2C(C)(C)CCCC2(C)C)N=C1. The third-order valence-corrected chi connectivity index (χ3v) is 4.62. The Labute approximate surface area is 122 Å². The maximum atomic E-state index is 11.8. The predicted molar refractivity (Wildman–Crippen MR) is 82.9 cm³/mol. The average molecular weight is 277 g/mol.